The van der Waals surface area contributed by atoms with Crippen molar-refractivity contribution < 1.29 is 14.3 Å². The van der Waals surface area contributed by atoms with E-state index in [4.69, 9.17) is 21.7 Å². The van der Waals surface area contributed by atoms with Crippen molar-refractivity contribution in [3.63, 3.8) is 0 Å². The van der Waals surface area contributed by atoms with Crippen LogP contribution in [0.2, 0.25) is 0 Å². The number of thiocarbonyl (C=S) groups is 1. The van der Waals surface area contributed by atoms with E-state index in [2.05, 4.69) is 10.2 Å². The van der Waals surface area contributed by atoms with Crippen LogP contribution in [-0.2, 0) is 14.3 Å². The average molecular weight is 360 g/mol. The molecule has 0 aromatic heterocycles. The number of hydrogen-bond acceptors (Lipinski definition) is 4. The van der Waals surface area contributed by atoms with E-state index >= 15 is 0 Å². The molecule has 0 amide bonds. The molecule has 1 fully saturated rings. The summed E-state index contributed by atoms with van der Waals surface area (Å²) >= 11 is 5.60. The molecule has 1 aliphatic heterocycles. The minimum Gasteiger partial charge on any atom is -0.460 e. The van der Waals surface area contributed by atoms with Gasteiger partial charge in [0.1, 0.15) is 6.61 Å². The Hall–Kier alpha value is -1.92. The van der Waals surface area contributed by atoms with Gasteiger partial charge >= 0.3 is 5.97 Å². The lowest BCUT2D eigenvalue weighted by molar-refractivity contribution is -0.140. The van der Waals surface area contributed by atoms with Gasteiger partial charge < -0.3 is 19.7 Å². The van der Waals surface area contributed by atoms with Crippen LogP contribution in [0.5, 0.6) is 0 Å². The Morgan fingerprint density at radius 3 is 2.64 bits per heavy atom. The van der Waals surface area contributed by atoms with Crippen molar-refractivity contribution >= 4 is 23.3 Å². The van der Waals surface area contributed by atoms with Gasteiger partial charge in [0, 0.05) is 18.8 Å². The lowest BCUT2D eigenvalue weighted by atomic mass is 9.92. The molecule has 3 rings (SSSR count). The van der Waals surface area contributed by atoms with Gasteiger partial charge in [0.25, 0.3) is 0 Å². The summed E-state index contributed by atoms with van der Waals surface area (Å²) in [6, 6.07) is 8.13. The molecule has 25 heavy (non-hydrogen) atoms. The zero-order chi connectivity index (χ0) is 18.0. The number of carbonyl (C=O) groups is 1. The van der Waals surface area contributed by atoms with Crippen molar-refractivity contribution in [2.45, 2.75) is 38.8 Å². The summed E-state index contributed by atoms with van der Waals surface area (Å²) in [5, 5.41) is 4.05. The Morgan fingerprint density at radius 2 is 2.00 bits per heavy atom. The third-order valence-electron chi connectivity index (χ3n) is 4.68. The van der Waals surface area contributed by atoms with E-state index in [1.54, 1.807) is 7.11 Å². The van der Waals surface area contributed by atoms with Gasteiger partial charge in [0.05, 0.1) is 18.2 Å². The third kappa shape index (κ3) is 3.70. The van der Waals surface area contributed by atoms with Gasteiger partial charge in [0.15, 0.2) is 5.11 Å². The molecule has 1 unspecified atom stereocenters. The van der Waals surface area contributed by atoms with Crippen LogP contribution in [0.4, 0.5) is 0 Å². The first kappa shape index (κ1) is 17.9. The summed E-state index contributed by atoms with van der Waals surface area (Å²) in [7, 11) is 1.59. The fourth-order valence-electron chi connectivity index (χ4n) is 3.23. The molecular weight excluding hydrogens is 336 g/mol. The molecule has 1 heterocycles. The number of allylic oxidation sites excluding steroid dienone is 1. The predicted molar refractivity (Wildman–Crippen MR) is 100 cm³/mol. The number of carbonyl (C=O) groups excluding carboxylic acids is 1. The summed E-state index contributed by atoms with van der Waals surface area (Å²) < 4.78 is 10.4. The van der Waals surface area contributed by atoms with Crippen molar-refractivity contribution in [2.24, 2.45) is 0 Å². The van der Waals surface area contributed by atoms with E-state index in [1.807, 2.05) is 38.1 Å². The fraction of sp³-hybridized carbons (Fsp3) is 0.474. The number of aryl methyl sites for hydroxylation is 1. The number of rotatable bonds is 6. The molecule has 0 saturated heterocycles. The number of nitrogens with zero attached hydrogens (tertiary/aromatic N) is 1. The van der Waals surface area contributed by atoms with Gasteiger partial charge in [-0.25, -0.2) is 4.79 Å². The van der Waals surface area contributed by atoms with E-state index in [-0.39, 0.29) is 18.6 Å². The number of methoxy groups -OCH3 is 1. The zero-order valence-corrected chi connectivity index (χ0v) is 15.7. The minimum atomic E-state index is -0.316. The second-order valence-electron chi connectivity index (χ2n) is 6.47. The Morgan fingerprint density at radius 1 is 1.28 bits per heavy atom. The maximum atomic E-state index is 12.8. The van der Waals surface area contributed by atoms with Crippen LogP contribution in [0, 0.1) is 6.92 Å². The molecule has 0 bridgehead atoms. The molecule has 1 aliphatic carbocycles. The number of ether oxygens (including phenoxy) is 2. The van der Waals surface area contributed by atoms with Gasteiger partial charge in [-0.15, -0.1) is 0 Å². The first-order valence-corrected chi connectivity index (χ1v) is 8.97. The van der Waals surface area contributed by atoms with Gasteiger partial charge in [-0.2, -0.15) is 0 Å². The molecular formula is C19H24N2O3S. The molecule has 1 aromatic rings. The van der Waals surface area contributed by atoms with Crippen LogP contribution in [0.3, 0.4) is 0 Å². The van der Waals surface area contributed by atoms with E-state index in [9.17, 15) is 4.79 Å². The Kier molecular flexibility index (Phi) is 5.39. The molecule has 1 N–H and O–H groups in total. The highest BCUT2D eigenvalue weighted by Gasteiger charge is 2.41. The second kappa shape index (κ2) is 7.54. The predicted octanol–water partition coefficient (Wildman–Crippen LogP) is 2.85. The van der Waals surface area contributed by atoms with Crippen LogP contribution in [0.25, 0.3) is 0 Å². The van der Waals surface area contributed by atoms with Gasteiger partial charge in [-0.3, -0.25) is 0 Å². The molecule has 5 nitrogen and oxygen atoms in total. The lowest BCUT2D eigenvalue weighted by Gasteiger charge is -2.38. The Labute approximate surface area is 154 Å². The normalized spacial score (nSPS) is 20.5. The van der Waals surface area contributed by atoms with E-state index in [1.165, 1.54) is 0 Å². The molecule has 6 heteroatoms. The largest absolute Gasteiger partial charge is 0.460 e. The van der Waals surface area contributed by atoms with Crippen molar-refractivity contribution in [1.82, 2.24) is 10.2 Å². The highest BCUT2D eigenvalue weighted by atomic mass is 32.1. The average Bonchev–Trinajstić information content (AvgIpc) is 3.39. The molecule has 1 saturated carbocycles. The van der Waals surface area contributed by atoms with Crippen LogP contribution >= 0.6 is 12.2 Å². The summed E-state index contributed by atoms with van der Waals surface area (Å²) in [6.07, 6.45) is 2.19. The highest BCUT2D eigenvalue weighted by molar-refractivity contribution is 7.80. The molecule has 1 atom stereocenters. The lowest BCUT2D eigenvalue weighted by Crippen LogP contribution is -2.48. The van der Waals surface area contributed by atoms with E-state index < -0.39 is 0 Å². The standard InChI is InChI=1S/C19H24N2O3S/c1-12-6-4-5-7-15(12)17-16(18(22)24-11-10-23-3)13(2)21(14-8-9-14)19(25)20-17/h4-7,14,17H,8-11H2,1-3H3,(H,20,25). The van der Waals surface area contributed by atoms with Crippen LogP contribution in [-0.4, -0.2) is 42.3 Å². The maximum absolute atomic E-state index is 12.8. The third-order valence-corrected chi connectivity index (χ3v) is 4.99. The second-order valence-corrected chi connectivity index (χ2v) is 6.85. The molecule has 2 aliphatic rings. The minimum absolute atomic E-state index is 0.237. The van der Waals surface area contributed by atoms with Gasteiger partial charge in [0.2, 0.25) is 0 Å². The van der Waals surface area contributed by atoms with Crippen molar-refractivity contribution in [2.75, 3.05) is 20.3 Å². The molecule has 0 spiro atoms. The topological polar surface area (TPSA) is 50.8 Å². The van der Waals surface area contributed by atoms with Crippen molar-refractivity contribution in [1.29, 1.82) is 0 Å². The Bertz CT molecular complexity index is 712. The summed E-state index contributed by atoms with van der Waals surface area (Å²) in [5.41, 5.74) is 3.67. The van der Waals surface area contributed by atoms with Crippen LogP contribution in [0.1, 0.15) is 36.9 Å². The van der Waals surface area contributed by atoms with Crippen molar-refractivity contribution in [3.05, 3.63) is 46.7 Å². The molecule has 134 valence electrons. The van der Waals surface area contributed by atoms with Gasteiger partial charge in [-0.1, -0.05) is 24.3 Å². The van der Waals surface area contributed by atoms with E-state index in [0.29, 0.717) is 23.3 Å². The zero-order valence-electron chi connectivity index (χ0n) is 14.9. The summed E-state index contributed by atoms with van der Waals surface area (Å²) in [4.78, 5) is 14.9. The fourth-order valence-corrected chi connectivity index (χ4v) is 3.64. The maximum Gasteiger partial charge on any atom is 0.338 e. The van der Waals surface area contributed by atoms with Crippen LogP contribution in [0.15, 0.2) is 35.5 Å². The van der Waals surface area contributed by atoms with Crippen LogP contribution < -0.4 is 5.32 Å². The smallest absolute Gasteiger partial charge is 0.338 e. The number of benzene rings is 1. The molecule has 1 aromatic carbocycles. The highest BCUT2D eigenvalue weighted by Crippen LogP contribution is 2.38. The van der Waals surface area contributed by atoms with E-state index in [0.717, 1.165) is 29.7 Å². The summed E-state index contributed by atoms with van der Waals surface area (Å²) in [6.45, 7) is 4.62. The first-order chi connectivity index (χ1) is 12.0. The quantitative estimate of drug-likeness (QED) is 0.478. The van der Waals surface area contributed by atoms with Crippen molar-refractivity contribution in [3.8, 4) is 0 Å². The Balaban J connectivity index is 1.99. The van der Waals surface area contributed by atoms with Gasteiger partial charge in [-0.05, 0) is 50.0 Å². The number of hydrogen-bond donors (Lipinski definition) is 1. The summed E-state index contributed by atoms with van der Waals surface area (Å²) in [5.74, 6) is -0.316. The number of esters is 1. The monoisotopic (exact) mass is 360 g/mol. The number of nitrogens with one attached hydrogen (secondary N) is 1. The molecule has 0 radical (unpaired) electrons. The SMILES string of the molecule is COCCOC(=O)C1=C(C)N(C2CC2)C(=S)NC1c1ccccc1C. The first-order valence-electron chi connectivity index (χ1n) is 8.56.